The molecule has 0 fully saturated rings. The second-order valence-electron chi connectivity index (χ2n) is 3.71. The Morgan fingerprint density at radius 3 is 2.00 bits per heavy atom. The smallest absolute Gasteiger partial charge is 0.326 e. The van der Waals surface area contributed by atoms with E-state index in [1.54, 1.807) is 0 Å². The minimum absolute atomic E-state index is 0.147. The number of nitrogens with one attached hydrogen (secondary N) is 1. The van der Waals surface area contributed by atoms with Crippen LogP contribution in [0.25, 0.3) is 0 Å². The Morgan fingerprint density at radius 2 is 1.67 bits per heavy atom. The van der Waals surface area contributed by atoms with E-state index >= 15 is 0 Å². The van der Waals surface area contributed by atoms with Gasteiger partial charge in [0.25, 0.3) is 0 Å². The summed E-state index contributed by atoms with van der Waals surface area (Å²) in [5, 5.41) is 1.49. The number of Topliss-reactive ketones (excluding diaryl/α,β-unsaturated/α-hetero) is 2. The Labute approximate surface area is 110 Å². The number of carbonyl (C=O) groups excluding carboxylic acids is 4. The van der Waals surface area contributed by atoms with Crippen LogP contribution in [-0.4, -0.2) is 47.6 Å². The average Bonchev–Trinajstić information content (AvgIpc) is 2.26. The molecule has 0 bridgehead atoms. The first-order chi connectivity index (χ1) is 8.29. The summed E-state index contributed by atoms with van der Waals surface area (Å²) in [4.78, 5) is 44.7. The molecular formula is C11H17NO5S. The number of esters is 1. The van der Waals surface area contributed by atoms with Crippen molar-refractivity contribution < 1.29 is 23.9 Å². The van der Waals surface area contributed by atoms with Crippen LogP contribution in [0.2, 0.25) is 0 Å². The van der Waals surface area contributed by atoms with Crippen molar-refractivity contribution in [3.8, 4) is 0 Å². The first-order valence-electron chi connectivity index (χ1n) is 5.27. The fourth-order valence-electron chi connectivity index (χ4n) is 1.16. The van der Waals surface area contributed by atoms with Crippen LogP contribution in [0, 0.1) is 0 Å². The van der Waals surface area contributed by atoms with Crippen LogP contribution in [0.4, 0.5) is 0 Å². The van der Waals surface area contributed by atoms with Gasteiger partial charge in [-0.05, 0) is 13.8 Å². The molecule has 1 amide bonds. The predicted octanol–water partition coefficient (Wildman–Crippen LogP) is -0.0561. The molecule has 0 aromatic heterocycles. The molecule has 0 saturated carbocycles. The Hall–Kier alpha value is -1.37. The molecule has 0 aliphatic rings. The molecule has 102 valence electrons. The number of ketones is 2. The summed E-state index contributed by atoms with van der Waals surface area (Å²) in [7, 11) is 1.19. The molecule has 0 spiro atoms. The number of thioether (sulfide) groups is 1. The molecule has 0 aliphatic carbocycles. The number of amides is 1. The van der Waals surface area contributed by atoms with Gasteiger partial charge in [-0.2, -0.15) is 0 Å². The Morgan fingerprint density at radius 1 is 1.11 bits per heavy atom. The lowest BCUT2D eigenvalue weighted by atomic mass is 10.2. The minimum Gasteiger partial charge on any atom is -0.468 e. The standard InChI is InChI=1S/C11H17NO5S/c1-6(13)9(12-8(3)15)5-18-10(7(2)14)11(16)17-4/h9-10H,5H2,1-4H3,(H,12,15). The molecule has 7 heteroatoms. The van der Waals surface area contributed by atoms with E-state index in [0.29, 0.717) is 0 Å². The Balaban J connectivity index is 4.56. The van der Waals surface area contributed by atoms with Gasteiger partial charge in [0.15, 0.2) is 16.8 Å². The van der Waals surface area contributed by atoms with Gasteiger partial charge in [0, 0.05) is 12.7 Å². The van der Waals surface area contributed by atoms with E-state index in [-0.39, 0.29) is 23.2 Å². The van der Waals surface area contributed by atoms with Crippen LogP contribution in [-0.2, 0) is 23.9 Å². The summed E-state index contributed by atoms with van der Waals surface area (Å²) < 4.78 is 4.49. The van der Waals surface area contributed by atoms with Gasteiger partial charge in [0.2, 0.25) is 5.91 Å². The van der Waals surface area contributed by atoms with Gasteiger partial charge in [-0.25, -0.2) is 0 Å². The fourth-order valence-corrected chi connectivity index (χ4v) is 2.33. The van der Waals surface area contributed by atoms with Crippen molar-refractivity contribution >= 4 is 35.2 Å². The highest BCUT2D eigenvalue weighted by Crippen LogP contribution is 2.15. The maximum Gasteiger partial charge on any atom is 0.326 e. The van der Waals surface area contributed by atoms with Crippen LogP contribution < -0.4 is 5.32 Å². The van der Waals surface area contributed by atoms with Crippen LogP contribution >= 0.6 is 11.8 Å². The summed E-state index contributed by atoms with van der Waals surface area (Å²) in [5.74, 6) is -1.43. The van der Waals surface area contributed by atoms with Crippen molar-refractivity contribution in [2.24, 2.45) is 0 Å². The first-order valence-corrected chi connectivity index (χ1v) is 6.31. The lowest BCUT2D eigenvalue weighted by Crippen LogP contribution is -2.41. The van der Waals surface area contributed by atoms with Gasteiger partial charge in [-0.3, -0.25) is 19.2 Å². The van der Waals surface area contributed by atoms with E-state index in [9.17, 15) is 19.2 Å². The van der Waals surface area contributed by atoms with E-state index in [0.717, 1.165) is 11.8 Å². The van der Waals surface area contributed by atoms with E-state index < -0.39 is 17.3 Å². The van der Waals surface area contributed by atoms with Crippen molar-refractivity contribution in [2.75, 3.05) is 12.9 Å². The van der Waals surface area contributed by atoms with Crippen molar-refractivity contribution in [3.63, 3.8) is 0 Å². The molecule has 6 nitrogen and oxygen atoms in total. The summed E-state index contributed by atoms with van der Waals surface area (Å²) >= 11 is 0.981. The van der Waals surface area contributed by atoms with Crippen molar-refractivity contribution in [3.05, 3.63) is 0 Å². The van der Waals surface area contributed by atoms with Crippen molar-refractivity contribution in [2.45, 2.75) is 32.1 Å². The molecule has 0 rings (SSSR count). The second-order valence-corrected chi connectivity index (χ2v) is 4.85. The van der Waals surface area contributed by atoms with Crippen molar-refractivity contribution in [1.29, 1.82) is 0 Å². The van der Waals surface area contributed by atoms with Gasteiger partial charge in [-0.1, -0.05) is 0 Å². The maximum absolute atomic E-state index is 11.3. The lowest BCUT2D eigenvalue weighted by molar-refractivity contribution is -0.142. The summed E-state index contributed by atoms with van der Waals surface area (Å²) in [6, 6.07) is -0.709. The average molecular weight is 275 g/mol. The Bertz CT molecular complexity index is 355. The molecule has 0 aromatic rings. The molecule has 2 atom stereocenters. The number of carbonyl (C=O) groups is 4. The molecule has 0 aliphatic heterocycles. The molecule has 0 heterocycles. The van der Waals surface area contributed by atoms with Gasteiger partial charge < -0.3 is 10.1 Å². The number of methoxy groups -OCH3 is 1. The monoisotopic (exact) mass is 275 g/mol. The van der Waals surface area contributed by atoms with E-state index in [2.05, 4.69) is 10.1 Å². The quantitative estimate of drug-likeness (QED) is 0.517. The van der Waals surface area contributed by atoms with Gasteiger partial charge in [0.1, 0.15) is 0 Å². The highest BCUT2D eigenvalue weighted by atomic mass is 32.2. The highest BCUT2D eigenvalue weighted by molar-refractivity contribution is 8.01. The largest absolute Gasteiger partial charge is 0.468 e. The first kappa shape index (κ1) is 16.6. The second kappa shape index (κ2) is 7.86. The van der Waals surface area contributed by atoms with Crippen LogP contribution in [0.5, 0.6) is 0 Å². The minimum atomic E-state index is -0.967. The number of hydrogen-bond donors (Lipinski definition) is 1. The van der Waals surface area contributed by atoms with Crippen molar-refractivity contribution in [1.82, 2.24) is 5.32 Å². The normalized spacial score (nSPS) is 13.3. The Kier molecular flexibility index (Phi) is 7.26. The van der Waals surface area contributed by atoms with Crippen LogP contribution in [0.1, 0.15) is 20.8 Å². The molecule has 2 unspecified atom stereocenters. The number of hydrogen-bond acceptors (Lipinski definition) is 6. The molecular weight excluding hydrogens is 258 g/mol. The van der Waals surface area contributed by atoms with Gasteiger partial charge >= 0.3 is 5.97 Å². The van der Waals surface area contributed by atoms with Gasteiger partial charge in [0.05, 0.1) is 13.2 Å². The third kappa shape index (κ3) is 5.81. The number of rotatable bonds is 7. The predicted molar refractivity (Wildman–Crippen MR) is 67.2 cm³/mol. The van der Waals surface area contributed by atoms with E-state index in [4.69, 9.17) is 0 Å². The zero-order chi connectivity index (χ0) is 14.3. The molecule has 18 heavy (non-hydrogen) atoms. The van der Waals surface area contributed by atoms with E-state index in [1.807, 2.05) is 0 Å². The fraction of sp³-hybridized carbons (Fsp3) is 0.636. The molecule has 0 saturated heterocycles. The number of ether oxygens (including phenoxy) is 1. The third-order valence-corrected chi connectivity index (χ3v) is 3.47. The summed E-state index contributed by atoms with van der Waals surface area (Å²) in [5.41, 5.74) is 0. The van der Waals surface area contributed by atoms with Gasteiger partial charge in [-0.15, -0.1) is 11.8 Å². The lowest BCUT2D eigenvalue weighted by Gasteiger charge is -2.17. The molecule has 0 radical (unpaired) electrons. The van der Waals surface area contributed by atoms with Crippen LogP contribution in [0.15, 0.2) is 0 Å². The molecule has 1 N–H and O–H groups in total. The maximum atomic E-state index is 11.3. The zero-order valence-electron chi connectivity index (χ0n) is 10.8. The molecule has 0 aromatic carbocycles. The van der Waals surface area contributed by atoms with Crippen LogP contribution in [0.3, 0.4) is 0 Å². The topological polar surface area (TPSA) is 89.5 Å². The summed E-state index contributed by atoms with van der Waals surface area (Å²) in [6.45, 7) is 3.90. The SMILES string of the molecule is COC(=O)C(SCC(NC(C)=O)C(C)=O)C(C)=O. The zero-order valence-corrected chi connectivity index (χ0v) is 11.6. The third-order valence-electron chi connectivity index (χ3n) is 2.08. The summed E-state index contributed by atoms with van der Waals surface area (Å²) in [6.07, 6.45) is 0. The van der Waals surface area contributed by atoms with E-state index in [1.165, 1.54) is 27.9 Å². The highest BCUT2D eigenvalue weighted by Gasteiger charge is 2.27.